The third kappa shape index (κ3) is 4.87. The predicted molar refractivity (Wildman–Crippen MR) is 121 cm³/mol. The summed E-state index contributed by atoms with van der Waals surface area (Å²) in [7, 11) is -4.13. The van der Waals surface area contributed by atoms with Gasteiger partial charge in [0.2, 0.25) is 21.7 Å². The number of benzene rings is 2. The Kier molecular flexibility index (Phi) is 6.15. The van der Waals surface area contributed by atoms with Crippen molar-refractivity contribution in [2.24, 2.45) is 5.14 Å². The molecule has 0 amide bonds. The fourth-order valence-electron chi connectivity index (χ4n) is 3.84. The Morgan fingerprint density at radius 1 is 1.12 bits per heavy atom. The molecule has 2 aromatic carbocycles. The van der Waals surface area contributed by atoms with Crippen LogP contribution >= 0.6 is 0 Å². The van der Waals surface area contributed by atoms with Crippen LogP contribution in [0.3, 0.4) is 0 Å². The second-order valence-electron chi connectivity index (χ2n) is 7.98. The molecule has 1 saturated heterocycles. The maximum absolute atomic E-state index is 12.1. The first-order chi connectivity index (χ1) is 15.6. The van der Waals surface area contributed by atoms with Crippen LogP contribution in [0.5, 0.6) is 0 Å². The van der Waals surface area contributed by atoms with Gasteiger partial charge in [0.05, 0.1) is 16.7 Å². The maximum atomic E-state index is 12.1. The summed E-state index contributed by atoms with van der Waals surface area (Å²) in [5.41, 5.74) is 2.05. The van der Waals surface area contributed by atoms with Crippen LogP contribution in [-0.4, -0.2) is 54.6 Å². The topological polar surface area (TPSA) is 149 Å². The van der Waals surface area contributed by atoms with Crippen molar-refractivity contribution >= 4 is 21.4 Å². The monoisotopic (exact) mass is 472 g/mol. The average Bonchev–Trinajstić information content (AvgIpc) is 3.28. The third-order valence-electron chi connectivity index (χ3n) is 5.77. The summed E-state index contributed by atoms with van der Waals surface area (Å²) in [6, 6.07) is 11.5. The highest BCUT2D eigenvalue weighted by Gasteiger charge is 2.29. The minimum absolute atomic E-state index is 0.131. The van der Waals surface area contributed by atoms with Gasteiger partial charge in [-0.15, -0.1) is 0 Å². The van der Waals surface area contributed by atoms with E-state index in [0.717, 1.165) is 17.2 Å². The zero-order valence-electron chi connectivity index (χ0n) is 18.2. The van der Waals surface area contributed by atoms with E-state index in [9.17, 15) is 18.5 Å². The molecule has 174 valence electrons. The highest BCUT2D eigenvalue weighted by Crippen LogP contribution is 2.31. The summed E-state index contributed by atoms with van der Waals surface area (Å²) in [6.45, 7) is 6.20. The van der Waals surface area contributed by atoms with Gasteiger partial charge in [0.1, 0.15) is 4.90 Å². The number of aryl methyl sites for hydroxylation is 1. The van der Waals surface area contributed by atoms with Gasteiger partial charge in [-0.05, 0) is 19.9 Å². The van der Waals surface area contributed by atoms with Crippen LogP contribution in [0.15, 0.2) is 51.9 Å². The molecule has 1 unspecified atom stereocenters. The van der Waals surface area contributed by atoms with Crippen molar-refractivity contribution in [3.05, 3.63) is 64.0 Å². The summed E-state index contributed by atoms with van der Waals surface area (Å²) in [5, 5.41) is 20.5. The molecule has 1 aliphatic rings. The Hall–Kier alpha value is -3.35. The van der Waals surface area contributed by atoms with E-state index in [1.165, 1.54) is 12.1 Å². The number of nitro benzene ring substituents is 1. The molecule has 2 heterocycles. The fourth-order valence-corrected chi connectivity index (χ4v) is 4.61. The van der Waals surface area contributed by atoms with Gasteiger partial charge in [0.15, 0.2) is 0 Å². The maximum Gasteiger partial charge on any atom is 0.270 e. The van der Waals surface area contributed by atoms with Gasteiger partial charge < -0.3 is 9.42 Å². The Bertz CT molecular complexity index is 1270. The first-order valence-corrected chi connectivity index (χ1v) is 11.9. The van der Waals surface area contributed by atoms with Crippen LogP contribution in [0, 0.1) is 17.0 Å². The number of non-ortho nitro benzene ring substituents is 1. The van der Waals surface area contributed by atoms with Crippen molar-refractivity contribution < 1.29 is 17.9 Å². The number of sulfonamides is 1. The van der Waals surface area contributed by atoms with Gasteiger partial charge in [-0.1, -0.05) is 35.0 Å². The lowest BCUT2D eigenvalue weighted by molar-refractivity contribution is -0.385. The van der Waals surface area contributed by atoms with Crippen molar-refractivity contribution in [2.45, 2.75) is 24.8 Å². The van der Waals surface area contributed by atoms with Gasteiger partial charge in [-0.25, -0.2) is 13.6 Å². The summed E-state index contributed by atoms with van der Waals surface area (Å²) in [4.78, 5) is 18.7. The molecule has 0 spiro atoms. The van der Waals surface area contributed by atoms with E-state index < -0.39 is 14.9 Å². The molecule has 4 rings (SSSR count). The molecule has 12 heteroatoms. The highest BCUT2D eigenvalue weighted by molar-refractivity contribution is 7.89. The molecule has 1 atom stereocenters. The third-order valence-corrected chi connectivity index (χ3v) is 6.71. The minimum Gasteiger partial charge on any atom is -0.368 e. The van der Waals surface area contributed by atoms with Crippen molar-refractivity contribution in [3.8, 4) is 11.4 Å². The number of nitrogens with zero attached hydrogens (tertiary/aromatic N) is 5. The second kappa shape index (κ2) is 8.89. The van der Waals surface area contributed by atoms with Gasteiger partial charge in [0.25, 0.3) is 5.69 Å². The van der Waals surface area contributed by atoms with Crippen molar-refractivity contribution in [3.63, 3.8) is 0 Å². The van der Waals surface area contributed by atoms with Crippen LogP contribution < -0.4 is 10.0 Å². The Morgan fingerprint density at radius 3 is 2.39 bits per heavy atom. The molecule has 1 aromatic heterocycles. The zero-order valence-corrected chi connectivity index (χ0v) is 19.0. The fraction of sp³-hybridized carbons (Fsp3) is 0.333. The molecular weight excluding hydrogens is 448 g/mol. The number of primary sulfonamides is 1. The number of piperazine rings is 1. The molecule has 0 aliphatic carbocycles. The molecular formula is C21H24N6O5S. The first kappa shape index (κ1) is 22.8. The zero-order chi connectivity index (χ0) is 23.8. The Balaban J connectivity index is 1.47. The van der Waals surface area contributed by atoms with Crippen molar-refractivity contribution in [2.75, 3.05) is 31.1 Å². The van der Waals surface area contributed by atoms with E-state index in [1.807, 2.05) is 43.0 Å². The van der Waals surface area contributed by atoms with Gasteiger partial charge in [0, 0.05) is 43.9 Å². The van der Waals surface area contributed by atoms with Crippen LogP contribution in [0.1, 0.15) is 24.4 Å². The minimum atomic E-state index is -4.13. The lowest BCUT2D eigenvalue weighted by atomic mass is 10.1. The van der Waals surface area contributed by atoms with Crippen LogP contribution in [0.2, 0.25) is 0 Å². The lowest BCUT2D eigenvalue weighted by Crippen LogP contribution is -2.47. The Labute approximate surface area is 191 Å². The standard InChI is InChI=1S/C21H24N6O5S/c1-14-3-5-16(6-4-14)20-23-21(32-24-20)15(2)25-9-11-26(12-10-25)18-8-7-17(27(28)29)13-19(18)33(22,30)31/h3-8,13,15H,9-12H2,1-2H3,(H2,22,30,31). The summed E-state index contributed by atoms with van der Waals surface area (Å²) in [6.07, 6.45) is 0. The van der Waals surface area contributed by atoms with Gasteiger partial charge in [-0.3, -0.25) is 15.0 Å². The summed E-state index contributed by atoms with van der Waals surface area (Å²) < 4.78 is 29.6. The highest BCUT2D eigenvalue weighted by atomic mass is 32.2. The summed E-state index contributed by atoms with van der Waals surface area (Å²) >= 11 is 0. The number of hydrogen-bond acceptors (Lipinski definition) is 9. The van der Waals surface area contributed by atoms with E-state index in [4.69, 9.17) is 9.66 Å². The van der Waals surface area contributed by atoms with E-state index in [1.54, 1.807) is 0 Å². The largest absolute Gasteiger partial charge is 0.368 e. The smallest absolute Gasteiger partial charge is 0.270 e. The number of anilines is 1. The summed E-state index contributed by atoms with van der Waals surface area (Å²) in [5.74, 6) is 1.03. The molecule has 1 fully saturated rings. The van der Waals surface area contributed by atoms with Crippen LogP contribution in [0.4, 0.5) is 11.4 Å². The molecule has 33 heavy (non-hydrogen) atoms. The molecule has 1 aliphatic heterocycles. The average molecular weight is 473 g/mol. The molecule has 0 radical (unpaired) electrons. The van der Waals surface area contributed by atoms with E-state index in [0.29, 0.717) is 43.6 Å². The lowest BCUT2D eigenvalue weighted by Gasteiger charge is -2.38. The first-order valence-electron chi connectivity index (χ1n) is 10.3. The SMILES string of the molecule is Cc1ccc(-c2noc(C(C)N3CCN(c4ccc([N+](=O)[O-])cc4S(N)(=O)=O)CC3)n2)cc1. The number of rotatable bonds is 6. The number of aromatic nitrogens is 2. The molecule has 3 aromatic rings. The van der Waals surface area contributed by atoms with Crippen molar-refractivity contribution in [1.29, 1.82) is 0 Å². The van der Waals surface area contributed by atoms with Crippen LogP contribution in [0.25, 0.3) is 11.4 Å². The normalized spacial score (nSPS) is 16.0. The second-order valence-corrected chi connectivity index (χ2v) is 9.51. The van der Waals surface area contributed by atoms with Gasteiger partial charge in [-0.2, -0.15) is 4.98 Å². The predicted octanol–water partition coefficient (Wildman–Crippen LogP) is 2.48. The molecule has 11 nitrogen and oxygen atoms in total. The van der Waals surface area contributed by atoms with Gasteiger partial charge >= 0.3 is 0 Å². The van der Waals surface area contributed by atoms with Crippen molar-refractivity contribution in [1.82, 2.24) is 15.0 Å². The number of nitrogens with two attached hydrogens (primary N) is 1. The molecule has 0 saturated carbocycles. The van der Waals surface area contributed by atoms with Crippen LogP contribution in [-0.2, 0) is 10.0 Å². The van der Waals surface area contributed by atoms with E-state index in [-0.39, 0.29) is 16.6 Å². The Morgan fingerprint density at radius 2 is 1.79 bits per heavy atom. The molecule has 0 bridgehead atoms. The quantitative estimate of drug-likeness (QED) is 0.422. The van der Waals surface area contributed by atoms with E-state index in [2.05, 4.69) is 15.0 Å². The van der Waals surface area contributed by atoms with E-state index >= 15 is 0 Å². The number of nitro groups is 1. The molecule has 2 N–H and O–H groups in total. The number of hydrogen-bond donors (Lipinski definition) is 1.